The van der Waals surface area contributed by atoms with Crippen molar-refractivity contribution in [3.8, 4) is 0 Å². The van der Waals surface area contributed by atoms with Crippen molar-refractivity contribution >= 4 is 12.9 Å². The number of aliphatic hydroxyl groups excluding tert-OH is 2. The molecule has 0 heterocycles. The molecule has 0 radical (unpaired) electrons. The Morgan fingerprint density at radius 1 is 0.889 bits per heavy atom. The minimum absolute atomic E-state index is 0. The minimum atomic E-state index is 0. The first kappa shape index (κ1) is 34.3. The van der Waals surface area contributed by atoms with Gasteiger partial charge in [-0.15, -0.1) is 0 Å². The molecule has 0 amide bonds. The van der Waals surface area contributed by atoms with E-state index in [1.807, 2.05) is 0 Å². The van der Waals surface area contributed by atoms with Gasteiger partial charge in [-0.25, -0.2) is 0 Å². The molecular formula is C2H2Cl2HfO4. The van der Waals surface area contributed by atoms with Crippen LogP contribution in [-0.2, 0) is 35.4 Å². The largest absolute Gasteiger partial charge is 4.00 e. The molecule has 0 saturated carbocycles. The predicted molar refractivity (Wildman–Crippen MR) is 16.6 cm³/mol. The molecule has 0 aliphatic carbocycles. The summed E-state index contributed by atoms with van der Waals surface area (Å²) in [5, 5.41) is 13.5. The third kappa shape index (κ3) is 2250. The molecule has 0 atom stereocenters. The van der Waals surface area contributed by atoms with E-state index in [9.17, 15) is 0 Å². The Labute approximate surface area is 83.2 Å². The molecule has 0 bridgehead atoms. The Morgan fingerprint density at radius 3 is 0.889 bits per heavy atom. The predicted octanol–water partition coefficient (Wildman–Crippen LogP) is -6.77. The molecule has 9 heavy (non-hydrogen) atoms. The summed E-state index contributed by atoms with van der Waals surface area (Å²) in [5.74, 6) is 0. The van der Waals surface area contributed by atoms with E-state index in [4.69, 9.17) is 19.8 Å². The maximum atomic E-state index is 8.24. The van der Waals surface area contributed by atoms with Gasteiger partial charge >= 0.3 is 25.8 Å². The van der Waals surface area contributed by atoms with Crippen molar-refractivity contribution in [2.75, 3.05) is 0 Å². The van der Waals surface area contributed by atoms with E-state index in [0.29, 0.717) is 12.9 Å². The van der Waals surface area contributed by atoms with Crippen LogP contribution in [0, 0.1) is 0 Å². The molecule has 0 aromatic heterocycles. The summed E-state index contributed by atoms with van der Waals surface area (Å²) in [6.07, 6.45) is 0. The van der Waals surface area contributed by atoms with Crippen molar-refractivity contribution in [3.05, 3.63) is 0 Å². The second-order valence-electron chi connectivity index (χ2n) is 0.183. The minimum Gasteiger partial charge on any atom is -1.00 e. The third-order valence-electron chi connectivity index (χ3n) is 0. The van der Waals surface area contributed by atoms with Crippen LogP contribution in [0.15, 0.2) is 0 Å². The van der Waals surface area contributed by atoms with E-state index in [-0.39, 0.29) is 50.7 Å². The monoisotopic (exact) mass is 340 g/mol. The molecule has 7 heteroatoms. The van der Waals surface area contributed by atoms with Crippen LogP contribution in [0.3, 0.4) is 0 Å². The molecule has 0 aliphatic heterocycles. The quantitative estimate of drug-likeness (QED) is 0.340. The molecule has 0 rings (SSSR count). The van der Waals surface area contributed by atoms with Crippen LogP contribution in [0.5, 0.6) is 0 Å². The van der Waals surface area contributed by atoms with Gasteiger partial charge in [0.1, 0.15) is 0 Å². The van der Waals surface area contributed by atoms with Crippen LogP contribution in [0.25, 0.3) is 0 Å². The SMILES string of the molecule is O=[C-]O.O=[C-]O.[Cl-].[Cl-].[Hf+4]. The van der Waals surface area contributed by atoms with Crippen molar-refractivity contribution in [2.45, 2.75) is 0 Å². The molecule has 0 aromatic rings. The summed E-state index contributed by atoms with van der Waals surface area (Å²) < 4.78 is 0. The smallest absolute Gasteiger partial charge is 1.00 e. The van der Waals surface area contributed by atoms with Crippen LogP contribution in [-0.4, -0.2) is 23.2 Å². The summed E-state index contributed by atoms with van der Waals surface area (Å²) in [6.45, 7) is 1.00. The molecule has 2 N–H and O–H groups in total. The van der Waals surface area contributed by atoms with Gasteiger partial charge in [-0.2, -0.15) is 0 Å². The fourth-order valence-electron chi connectivity index (χ4n) is 0. The van der Waals surface area contributed by atoms with E-state index >= 15 is 0 Å². The molecule has 0 aromatic carbocycles. The Balaban J connectivity index is -0.00000000889. The van der Waals surface area contributed by atoms with Crippen LogP contribution in [0.4, 0.5) is 0 Å². The van der Waals surface area contributed by atoms with Crippen molar-refractivity contribution in [3.63, 3.8) is 0 Å². The first-order valence-electron chi connectivity index (χ1n) is 0.855. The summed E-state index contributed by atoms with van der Waals surface area (Å²) in [4.78, 5) is 16.5. The van der Waals surface area contributed by atoms with Crippen LogP contribution >= 0.6 is 0 Å². The summed E-state index contributed by atoms with van der Waals surface area (Å²) in [7, 11) is 0. The van der Waals surface area contributed by atoms with Gasteiger partial charge in [0.2, 0.25) is 0 Å². The van der Waals surface area contributed by atoms with Gasteiger partial charge in [-0.3, -0.25) is 0 Å². The fourth-order valence-corrected chi connectivity index (χ4v) is 0. The molecular weight excluding hydrogens is 337 g/mol. The zero-order valence-electron chi connectivity index (χ0n) is 3.97. The van der Waals surface area contributed by atoms with E-state index < -0.39 is 0 Å². The molecule has 0 aliphatic rings. The maximum absolute atomic E-state index is 8.24. The number of halogens is 2. The molecule has 0 saturated heterocycles. The van der Waals surface area contributed by atoms with Crippen molar-refractivity contribution < 1.29 is 70.5 Å². The standard InChI is InChI=1S/2CHO2.2ClH.Hf/c2*2-1-3;;;/h2*(H,2,3);2*1H;/q2*-1;;;+4/p-2. The Bertz CT molecular complexity index is 37.5. The van der Waals surface area contributed by atoms with Crippen molar-refractivity contribution in [1.29, 1.82) is 0 Å². The van der Waals surface area contributed by atoms with E-state index in [2.05, 4.69) is 0 Å². The van der Waals surface area contributed by atoms with Crippen LogP contribution < -0.4 is 24.8 Å². The zero-order valence-corrected chi connectivity index (χ0v) is 9.07. The Kier molecular flexibility index (Phi) is 306. The summed E-state index contributed by atoms with van der Waals surface area (Å²) >= 11 is 0. The normalized spacial score (nSPS) is 2.67. The average Bonchev–Trinajstić information content (AvgIpc) is 1.39. The molecule has 4 nitrogen and oxygen atoms in total. The van der Waals surface area contributed by atoms with Crippen LogP contribution in [0.2, 0.25) is 0 Å². The van der Waals surface area contributed by atoms with Gasteiger partial charge in [0.05, 0.1) is 0 Å². The Morgan fingerprint density at radius 2 is 0.889 bits per heavy atom. The molecule has 0 spiro atoms. The summed E-state index contributed by atoms with van der Waals surface area (Å²) in [6, 6.07) is 0. The number of hydrogen-bond donors (Lipinski definition) is 2. The zero-order chi connectivity index (χ0) is 5.41. The third-order valence-corrected chi connectivity index (χ3v) is 0. The van der Waals surface area contributed by atoms with Crippen molar-refractivity contribution in [1.82, 2.24) is 0 Å². The Hall–Kier alpha value is 0.390. The van der Waals surface area contributed by atoms with Gasteiger partial charge < -0.3 is 44.6 Å². The number of rotatable bonds is 0. The maximum Gasteiger partial charge on any atom is 4.00 e. The average molecular weight is 339 g/mol. The van der Waals surface area contributed by atoms with E-state index in [1.165, 1.54) is 0 Å². The van der Waals surface area contributed by atoms with Gasteiger partial charge in [-0.05, 0) is 0 Å². The van der Waals surface area contributed by atoms with Gasteiger partial charge in [-0.1, -0.05) is 12.9 Å². The molecule has 52 valence electrons. The second kappa shape index (κ2) is 80.2. The van der Waals surface area contributed by atoms with E-state index in [1.54, 1.807) is 0 Å². The van der Waals surface area contributed by atoms with Crippen LogP contribution in [0.1, 0.15) is 0 Å². The molecule has 0 fully saturated rings. The fraction of sp³-hybridized carbons (Fsp3) is 0. The summed E-state index contributed by atoms with van der Waals surface area (Å²) in [5.41, 5.74) is 0. The van der Waals surface area contributed by atoms with E-state index in [0.717, 1.165) is 0 Å². The van der Waals surface area contributed by atoms with Gasteiger partial charge in [0.15, 0.2) is 0 Å². The van der Waals surface area contributed by atoms with Gasteiger partial charge in [0.25, 0.3) is 0 Å². The number of hydrogen-bond acceptors (Lipinski definition) is 2. The first-order chi connectivity index (χ1) is 2.83. The second-order valence-corrected chi connectivity index (χ2v) is 0.183. The van der Waals surface area contributed by atoms with Crippen molar-refractivity contribution in [2.24, 2.45) is 0 Å². The topological polar surface area (TPSA) is 74.6 Å². The van der Waals surface area contributed by atoms with Gasteiger partial charge in [0, 0.05) is 0 Å². The molecule has 0 unspecified atom stereocenters. The first-order valence-corrected chi connectivity index (χ1v) is 0.855.